The van der Waals surface area contributed by atoms with Crippen molar-refractivity contribution in [2.45, 2.75) is 25.1 Å². The number of halogens is 5. The molecule has 1 heterocycles. The Morgan fingerprint density at radius 1 is 1.42 bits per heavy atom. The van der Waals surface area contributed by atoms with Gasteiger partial charge < -0.3 is 10.6 Å². The van der Waals surface area contributed by atoms with Crippen LogP contribution in [-0.2, 0) is 11.0 Å². The van der Waals surface area contributed by atoms with Crippen LogP contribution in [0.15, 0.2) is 18.2 Å². The van der Waals surface area contributed by atoms with E-state index in [4.69, 9.17) is 11.6 Å². The molecule has 136 valence electrons. The van der Waals surface area contributed by atoms with Crippen LogP contribution in [0.3, 0.4) is 0 Å². The van der Waals surface area contributed by atoms with Crippen LogP contribution in [0.25, 0.3) is 0 Å². The minimum Gasteiger partial charge on any atom is -0.324 e. The minimum absolute atomic E-state index is 0. The molecule has 0 bridgehead atoms. The molecule has 0 aromatic heterocycles. The van der Waals surface area contributed by atoms with Gasteiger partial charge in [0.15, 0.2) is 0 Å². The molecule has 0 radical (unpaired) electrons. The maximum atomic E-state index is 13.0. The van der Waals surface area contributed by atoms with Gasteiger partial charge >= 0.3 is 6.18 Å². The number of benzene rings is 1. The quantitative estimate of drug-likeness (QED) is 0.834. The van der Waals surface area contributed by atoms with Crippen molar-refractivity contribution >= 4 is 35.6 Å². The zero-order valence-corrected chi connectivity index (χ0v) is 14.7. The van der Waals surface area contributed by atoms with Crippen LogP contribution in [0, 0.1) is 0 Å². The Balaban J connectivity index is 0.00000288. The van der Waals surface area contributed by atoms with Gasteiger partial charge in [0.25, 0.3) is 0 Å². The molecule has 0 saturated carbocycles. The number of likely N-dealkylation sites (N-methyl/N-ethyl adjacent to an activating group) is 1. The van der Waals surface area contributed by atoms with Crippen LogP contribution in [0.4, 0.5) is 18.9 Å². The molecule has 9 heteroatoms. The third-order valence-corrected chi connectivity index (χ3v) is 4.08. The maximum Gasteiger partial charge on any atom is 0.418 e. The highest BCUT2D eigenvalue weighted by Crippen LogP contribution is 2.36. The summed E-state index contributed by atoms with van der Waals surface area (Å²) in [7, 11) is 1.86. The Kier molecular flexibility index (Phi) is 7.79. The number of carbonyl (C=O) groups is 1. The number of anilines is 1. The summed E-state index contributed by atoms with van der Waals surface area (Å²) in [5.41, 5.74) is -1.21. The van der Waals surface area contributed by atoms with Crippen LogP contribution >= 0.6 is 24.0 Å². The summed E-state index contributed by atoms with van der Waals surface area (Å²) in [6.07, 6.45) is -2.59. The Hall–Kier alpha value is -1.02. The second-order valence-electron chi connectivity index (χ2n) is 5.60. The van der Waals surface area contributed by atoms with Gasteiger partial charge in [-0.2, -0.15) is 13.2 Å². The molecule has 1 atom stereocenters. The van der Waals surface area contributed by atoms with Gasteiger partial charge in [0.1, 0.15) is 0 Å². The van der Waals surface area contributed by atoms with Crippen molar-refractivity contribution in [3.05, 3.63) is 28.8 Å². The number of hydrogen-bond acceptors (Lipinski definition) is 3. The van der Waals surface area contributed by atoms with Gasteiger partial charge in [0, 0.05) is 17.6 Å². The van der Waals surface area contributed by atoms with Gasteiger partial charge in [-0.05, 0) is 44.6 Å². The largest absolute Gasteiger partial charge is 0.418 e. The number of amides is 1. The molecule has 1 amide bonds. The van der Waals surface area contributed by atoms with E-state index in [9.17, 15) is 18.0 Å². The van der Waals surface area contributed by atoms with E-state index in [1.807, 2.05) is 11.9 Å². The van der Waals surface area contributed by atoms with Gasteiger partial charge in [0.2, 0.25) is 5.91 Å². The van der Waals surface area contributed by atoms with E-state index in [1.165, 1.54) is 12.1 Å². The van der Waals surface area contributed by atoms with E-state index >= 15 is 0 Å². The normalized spacial score (nSPS) is 18.8. The first-order valence-corrected chi connectivity index (χ1v) is 7.73. The summed E-state index contributed by atoms with van der Waals surface area (Å²) in [5, 5.41) is 5.48. The Morgan fingerprint density at radius 2 is 2.12 bits per heavy atom. The topological polar surface area (TPSA) is 44.4 Å². The number of alkyl halides is 3. The van der Waals surface area contributed by atoms with Crippen molar-refractivity contribution in [3.63, 3.8) is 0 Å². The first-order valence-electron chi connectivity index (χ1n) is 7.36. The predicted octanol–water partition coefficient (Wildman–Crippen LogP) is 3.40. The smallest absolute Gasteiger partial charge is 0.324 e. The van der Waals surface area contributed by atoms with Crippen molar-refractivity contribution in [2.75, 3.05) is 32.0 Å². The molecule has 1 aliphatic rings. The lowest BCUT2D eigenvalue weighted by molar-refractivity contribution is -0.137. The van der Waals surface area contributed by atoms with Gasteiger partial charge in [-0.3, -0.25) is 9.69 Å². The number of hydrogen-bond donors (Lipinski definition) is 2. The highest BCUT2D eigenvalue weighted by Gasteiger charge is 2.34. The number of rotatable bonds is 4. The summed E-state index contributed by atoms with van der Waals surface area (Å²) in [6, 6.07) is 3.62. The molecule has 1 aliphatic heterocycles. The standard InChI is InChI=1S/C15H19ClF3N3O.ClH/c1-20-11-3-2-6-22(8-11)9-14(23)21-13-5-4-10(16)7-12(13)15(17,18)19;/h4-5,7,11,20H,2-3,6,8-9H2,1H3,(H,21,23);1H. The van der Waals surface area contributed by atoms with Crippen molar-refractivity contribution in [2.24, 2.45) is 0 Å². The molecule has 4 nitrogen and oxygen atoms in total. The van der Waals surface area contributed by atoms with Crippen molar-refractivity contribution in [1.29, 1.82) is 0 Å². The predicted molar refractivity (Wildman–Crippen MR) is 90.9 cm³/mol. The van der Waals surface area contributed by atoms with E-state index in [-0.39, 0.29) is 29.7 Å². The molecule has 1 aromatic carbocycles. The summed E-state index contributed by atoms with van der Waals surface area (Å²) in [6.45, 7) is 1.53. The highest BCUT2D eigenvalue weighted by atomic mass is 35.5. The summed E-state index contributed by atoms with van der Waals surface area (Å²) < 4.78 is 39.0. The molecule has 2 rings (SSSR count). The monoisotopic (exact) mass is 385 g/mol. The lowest BCUT2D eigenvalue weighted by Crippen LogP contribution is -2.47. The zero-order chi connectivity index (χ0) is 17.0. The number of nitrogens with one attached hydrogen (secondary N) is 2. The minimum atomic E-state index is -4.57. The molecular formula is C15H20Cl2F3N3O. The maximum absolute atomic E-state index is 13.0. The molecule has 1 saturated heterocycles. The first-order chi connectivity index (χ1) is 10.8. The fourth-order valence-electron chi connectivity index (χ4n) is 2.69. The van der Waals surface area contributed by atoms with Crippen LogP contribution < -0.4 is 10.6 Å². The van der Waals surface area contributed by atoms with E-state index in [1.54, 1.807) is 0 Å². The van der Waals surface area contributed by atoms with E-state index < -0.39 is 17.6 Å². The Morgan fingerprint density at radius 3 is 2.75 bits per heavy atom. The number of nitrogens with zero attached hydrogens (tertiary/aromatic N) is 1. The molecule has 1 fully saturated rings. The fraction of sp³-hybridized carbons (Fsp3) is 0.533. The molecule has 2 N–H and O–H groups in total. The molecule has 24 heavy (non-hydrogen) atoms. The third-order valence-electron chi connectivity index (χ3n) is 3.84. The van der Waals surface area contributed by atoms with Crippen LogP contribution in [0.5, 0.6) is 0 Å². The van der Waals surface area contributed by atoms with Crippen molar-refractivity contribution in [3.8, 4) is 0 Å². The Labute approximate surface area is 150 Å². The second-order valence-corrected chi connectivity index (χ2v) is 6.04. The van der Waals surface area contributed by atoms with Gasteiger partial charge in [-0.1, -0.05) is 11.6 Å². The number of carbonyl (C=O) groups excluding carboxylic acids is 1. The first kappa shape index (κ1) is 21.0. The summed E-state index contributed by atoms with van der Waals surface area (Å²) >= 11 is 5.62. The zero-order valence-electron chi connectivity index (χ0n) is 13.1. The summed E-state index contributed by atoms with van der Waals surface area (Å²) in [4.78, 5) is 14.0. The van der Waals surface area contributed by atoms with Gasteiger partial charge in [0.05, 0.1) is 17.8 Å². The molecule has 0 aliphatic carbocycles. The lowest BCUT2D eigenvalue weighted by atomic mass is 10.1. The molecular weight excluding hydrogens is 366 g/mol. The second kappa shape index (κ2) is 8.89. The van der Waals surface area contributed by atoms with Gasteiger partial charge in [-0.25, -0.2) is 0 Å². The molecule has 1 unspecified atom stereocenters. The van der Waals surface area contributed by atoms with Crippen molar-refractivity contribution in [1.82, 2.24) is 10.2 Å². The fourth-order valence-corrected chi connectivity index (χ4v) is 2.86. The van der Waals surface area contributed by atoms with E-state index in [2.05, 4.69) is 10.6 Å². The van der Waals surface area contributed by atoms with Crippen molar-refractivity contribution < 1.29 is 18.0 Å². The molecule has 1 aromatic rings. The van der Waals surface area contributed by atoms with Gasteiger partial charge in [-0.15, -0.1) is 12.4 Å². The van der Waals surface area contributed by atoms with Crippen LogP contribution in [0.1, 0.15) is 18.4 Å². The summed E-state index contributed by atoms with van der Waals surface area (Å²) in [5.74, 6) is -0.463. The molecule has 0 spiro atoms. The van der Waals surface area contributed by atoms with E-state index in [0.717, 1.165) is 25.5 Å². The number of piperidine rings is 1. The van der Waals surface area contributed by atoms with Crippen LogP contribution in [0.2, 0.25) is 5.02 Å². The third kappa shape index (κ3) is 5.81. The lowest BCUT2D eigenvalue weighted by Gasteiger charge is -2.32. The van der Waals surface area contributed by atoms with E-state index in [0.29, 0.717) is 12.6 Å². The van der Waals surface area contributed by atoms with Crippen LogP contribution in [-0.4, -0.2) is 43.5 Å². The number of likely N-dealkylation sites (tertiary alicyclic amines) is 1. The SMILES string of the molecule is CNC1CCCN(CC(=O)Nc2ccc(Cl)cc2C(F)(F)F)C1.Cl. The average molecular weight is 386 g/mol. The Bertz CT molecular complexity index is 569. The highest BCUT2D eigenvalue weighted by molar-refractivity contribution is 6.30. The average Bonchev–Trinajstić information content (AvgIpc) is 2.48.